The zero-order chi connectivity index (χ0) is 24.1. The van der Waals surface area contributed by atoms with Crippen LogP contribution in [0.25, 0.3) is 0 Å². The maximum atomic E-state index is 11.7. The van der Waals surface area contributed by atoms with Crippen LogP contribution in [-0.4, -0.2) is 18.6 Å². The first kappa shape index (κ1) is 31.2. The minimum absolute atomic E-state index is 0.00765. The topological polar surface area (TPSA) is 64.3 Å². The van der Waals surface area contributed by atoms with Gasteiger partial charge in [0.2, 0.25) is 5.76 Å². The molecule has 0 saturated carbocycles. The van der Waals surface area contributed by atoms with E-state index in [4.69, 9.17) is 10.5 Å². The Bertz CT molecular complexity index is 570. The Morgan fingerprint density at radius 1 is 0.935 bits per heavy atom. The number of carbonyl (C=O) groups is 1. The molecule has 1 aliphatic carbocycles. The second-order valence-corrected chi connectivity index (χ2v) is 7.22. The van der Waals surface area contributed by atoms with E-state index in [1.54, 1.807) is 0 Å². The summed E-state index contributed by atoms with van der Waals surface area (Å²) in [5.41, 5.74) is 8.85. The molecule has 0 saturated heterocycles. The number of carbonyl (C=O) groups excluding carboxylic acids is 1. The molecule has 0 unspecified atom stereocenters. The van der Waals surface area contributed by atoms with Gasteiger partial charge < -0.3 is 15.8 Å². The monoisotopic (exact) mass is 434 g/mol. The molecule has 0 radical (unpaired) electrons. The fraction of sp³-hybridized carbons (Fsp3) is 0.667. The van der Waals surface area contributed by atoms with E-state index < -0.39 is 5.91 Å². The molecule has 2 rings (SSSR count). The quantitative estimate of drug-likeness (QED) is 0.239. The Morgan fingerprint density at radius 3 is 1.87 bits per heavy atom. The summed E-state index contributed by atoms with van der Waals surface area (Å²) >= 11 is 0. The van der Waals surface area contributed by atoms with Crippen molar-refractivity contribution in [3.8, 4) is 0 Å². The van der Waals surface area contributed by atoms with Crippen molar-refractivity contribution in [1.29, 1.82) is 0 Å². The highest BCUT2D eigenvalue weighted by Gasteiger charge is 2.25. The van der Waals surface area contributed by atoms with Gasteiger partial charge in [-0.25, -0.2) is 0 Å². The number of ether oxygens (including phenoxy) is 1. The number of benzene rings is 1. The van der Waals surface area contributed by atoms with Crippen molar-refractivity contribution in [3.63, 3.8) is 0 Å². The highest BCUT2D eigenvalue weighted by atomic mass is 16.5. The van der Waals surface area contributed by atoms with Crippen LogP contribution < -0.4 is 11.1 Å². The van der Waals surface area contributed by atoms with E-state index in [1.165, 1.54) is 43.2 Å². The van der Waals surface area contributed by atoms with Crippen molar-refractivity contribution >= 4 is 5.91 Å². The van der Waals surface area contributed by atoms with Crippen molar-refractivity contribution in [2.24, 2.45) is 5.73 Å². The van der Waals surface area contributed by atoms with Crippen LogP contribution in [0.15, 0.2) is 35.7 Å². The molecule has 180 valence electrons. The first-order valence-electron chi connectivity index (χ1n) is 12.5. The van der Waals surface area contributed by atoms with Crippen LogP contribution in [0.5, 0.6) is 0 Å². The standard InChI is InChI=1S/C19H28N2O2.C4H10.2C2H6/c1-3-4-5-8-11-21-14(2)18(19(20)22)23-17-12-15-9-6-7-10-16(15)13-17;1-3-4-2;2*1-2/h6-7,9-10,17,21H,3-5,8,11-13H2,1-2H3,(H2,20,22);3-4H2,1-2H3;2*1-2H3/b18-14-;;;. The normalized spacial score (nSPS) is 12.5. The maximum Gasteiger partial charge on any atom is 0.285 e. The summed E-state index contributed by atoms with van der Waals surface area (Å²) in [6, 6.07) is 8.31. The number of hydrogen-bond acceptors (Lipinski definition) is 3. The van der Waals surface area contributed by atoms with E-state index in [2.05, 4.69) is 38.2 Å². The average molecular weight is 435 g/mol. The lowest BCUT2D eigenvalue weighted by molar-refractivity contribution is -0.119. The minimum atomic E-state index is -0.500. The number of hydrogen-bond donors (Lipinski definition) is 2. The van der Waals surface area contributed by atoms with Gasteiger partial charge in [0.1, 0.15) is 6.10 Å². The lowest BCUT2D eigenvalue weighted by Gasteiger charge is -2.17. The second kappa shape index (κ2) is 21.3. The summed E-state index contributed by atoms with van der Waals surface area (Å²) in [4.78, 5) is 11.7. The molecule has 1 aromatic rings. The summed E-state index contributed by atoms with van der Waals surface area (Å²) in [5, 5.41) is 3.27. The van der Waals surface area contributed by atoms with Gasteiger partial charge in [0, 0.05) is 19.4 Å². The summed E-state index contributed by atoms with van der Waals surface area (Å²) in [6.07, 6.45) is 9.03. The molecule has 0 aliphatic heterocycles. The fourth-order valence-electron chi connectivity index (χ4n) is 3.01. The fourth-order valence-corrected chi connectivity index (χ4v) is 3.01. The van der Waals surface area contributed by atoms with E-state index in [1.807, 2.05) is 46.8 Å². The Hall–Kier alpha value is -1.97. The highest BCUT2D eigenvalue weighted by Crippen LogP contribution is 2.25. The van der Waals surface area contributed by atoms with Crippen LogP contribution in [-0.2, 0) is 22.4 Å². The molecule has 0 aromatic heterocycles. The Kier molecular flexibility index (Phi) is 21.4. The number of unbranched alkanes of at least 4 members (excludes halogenated alkanes) is 4. The molecule has 0 fully saturated rings. The van der Waals surface area contributed by atoms with Crippen molar-refractivity contribution in [3.05, 3.63) is 46.8 Å². The molecule has 4 heteroatoms. The Labute approximate surface area is 193 Å². The zero-order valence-corrected chi connectivity index (χ0v) is 21.6. The van der Waals surface area contributed by atoms with Crippen LogP contribution in [0.2, 0.25) is 0 Å². The summed E-state index contributed by atoms with van der Waals surface area (Å²) < 4.78 is 5.94. The van der Waals surface area contributed by atoms with Gasteiger partial charge in [-0.05, 0) is 24.5 Å². The van der Waals surface area contributed by atoms with Gasteiger partial charge in [-0.2, -0.15) is 0 Å². The smallest absolute Gasteiger partial charge is 0.285 e. The first-order chi connectivity index (χ1) is 15.0. The van der Waals surface area contributed by atoms with Crippen molar-refractivity contribution < 1.29 is 9.53 Å². The van der Waals surface area contributed by atoms with E-state index in [9.17, 15) is 4.79 Å². The molecule has 4 nitrogen and oxygen atoms in total. The van der Waals surface area contributed by atoms with Gasteiger partial charge in [0.15, 0.2) is 0 Å². The van der Waals surface area contributed by atoms with Gasteiger partial charge in [-0.1, -0.05) is 105 Å². The molecule has 3 N–H and O–H groups in total. The maximum absolute atomic E-state index is 11.7. The van der Waals surface area contributed by atoms with E-state index in [0.29, 0.717) is 0 Å². The molecule has 1 amide bonds. The van der Waals surface area contributed by atoms with Crippen molar-refractivity contribution in [1.82, 2.24) is 5.32 Å². The number of nitrogens with two attached hydrogens (primary N) is 1. The van der Waals surface area contributed by atoms with Crippen LogP contribution in [0.3, 0.4) is 0 Å². The van der Waals surface area contributed by atoms with Gasteiger partial charge in [0.25, 0.3) is 5.91 Å². The minimum Gasteiger partial charge on any atom is -0.483 e. The molecule has 0 atom stereocenters. The Balaban J connectivity index is 0. The van der Waals surface area contributed by atoms with Crippen LogP contribution >= 0.6 is 0 Å². The number of amides is 1. The molecular weight excluding hydrogens is 384 g/mol. The first-order valence-corrected chi connectivity index (χ1v) is 12.5. The van der Waals surface area contributed by atoms with Crippen LogP contribution in [0, 0.1) is 0 Å². The zero-order valence-electron chi connectivity index (χ0n) is 21.6. The number of primary amides is 1. The van der Waals surface area contributed by atoms with Gasteiger partial charge >= 0.3 is 0 Å². The molecular formula is C27H50N2O2. The Morgan fingerprint density at radius 2 is 1.45 bits per heavy atom. The molecule has 1 aromatic carbocycles. The van der Waals surface area contributed by atoms with E-state index in [-0.39, 0.29) is 11.9 Å². The van der Waals surface area contributed by atoms with Crippen molar-refractivity contribution in [2.45, 2.75) is 113 Å². The molecule has 0 heterocycles. The lowest BCUT2D eigenvalue weighted by atomic mass is 10.1. The van der Waals surface area contributed by atoms with E-state index in [0.717, 1.165) is 31.5 Å². The molecule has 31 heavy (non-hydrogen) atoms. The molecule has 0 bridgehead atoms. The SMILES string of the molecule is CC.CC.CCCC.CCCCCCN/C(C)=C(\OC1Cc2ccccc2C1)C(N)=O. The summed E-state index contributed by atoms with van der Waals surface area (Å²) in [7, 11) is 0. The second-order valence-electron chi connectivity index (χ2n) is 7.22. The van der Waals surface area contributed by atoms with Crippen molar-refractivity contribution in [2.75, 3.05) is 6.54 Å². The number of nitrogens with one attached hydrogen (secondary N) is 1. The van der Waals surface area contributed by atoms with Gasteiger partial charge in [-0.3, -0.25) is 4.79 Å². The van der Waals surface area contributed by atoms with Gasteiger partial charge in [0.05, 0.1) is 5.70 Å². The average Bonchev–Trinajstić information content (AvgIpc) is 3.22. The predicted octanol–water partition coefficient (Wildman–Crippen LogP) is 6.92. The van der Waals surface area contributed by atoms with E-state index >= 15 is 0 Å². The molecule has 0 spiro atoms. The lowest BCUT2D eigenvalue weighted by Crippen LogP contribution is -2.27. The third-order valence-electron chi connectivity index (χ3n) is 4.78. The summed E-state index contributed by atoms with van der Waals surface area (Å²) in [5.74, 6) is -0.224. The molecule has 1 aliphatic rings. The predicted molar refractivity (Wildman–Crippen MR) is 136 cm³/mol. The summed E-state index contributed by atoms with van der Waals surface area (Å²) in [6.45, 7) is 17.3. The third-order valence-corrected chi connectivity index (χ3v) is 4.78. The number of fused-ring (bicyclic) bond motifs is 1. The van der Waals surface area contributed by atoms with Crippen LogP contribution in [0.4, 0.5) is 0 Å². The largest absolute Gasteiger partial charge is 0.483 e. The third kappa shape index (κ3) is 13.9. The van der Waals surface area contributed by atoms with Gasteiger partial charge in [-0.15, -0.1) is 0 Å². The number of allylic oxidation sites excluding steroid dienone is 1. The van der Waals surface area contributed by atoms with Crippen LogP contribution in [0.1, 0.15) is 105 Å². The highest BCUT2D eigenvalue weighted by molar-refractivity contribution is 5.90. The number of rotatable bonds is 10.